The van der Waals surface area contributed by atoms with Gasteiger partial charge in [-0.25, -0.2) is 14.6 Å². The number of nitrogens with zero attached hydrogens (tertiary/aromatic N) is 1. The van der Waals surface area contributed by atoms with Gasteiger partial charge in [0.1, 0.15) is 11.3 Å². The van der Waals surface area contributed by atoms with Gasteiger partial charge in [0.25, 0.3) is 0 Å². The molecule has 0 aliphatic rings. The average molecular weight is 200 g/mol. The number of amides is 2. The minimum atomic E-state index is -0.951. The van der Waals surface area contributed by atoms with Gasteiger partial charge in [-0.05, 0) is 13.8 Å². The van der Waals surface area contributed by atoms with Gasteiger partial charge >= 0.3 is 12.0 Å². The molecule has 0 fully saturated rings. The molecule has 0 rings (SSSR count). The lowest BCUT2D eigenvalue weighted by molar-refractivity contribution is -0.138. The predicted molar refractivity (Wildman–Crippen MR) is 50.0 cm³/mol. The van der Waals surface area contributed by atoms with E-state index < -0.39 is 12.0 Å². The van der Waals surface area contributed by atoms with Gasteiger partial charge in [-0.2, -0.15) is 0 Å². The Balaban J connectivity index is 4.73. The highest BCUT2D eigenvalue weighted by molar-refractivity contribution is 6.11. The summed E-state index contributed by atoms with van der Waals surface area (Å²) in [5.74, 6) is -1.04. The molecule has 0 saturated carbocycles. The maximum absolute atomic E-state index is 11.1. The number of nitrogens with two attached hydrogens (primary N) is 1. The number of aliphatic imine (C=N–C) groups is 1. The first-order valence-corrected chi connectivity index (χ1v) is 3.89. The normalized spacial score (nSPS) is 12.4. The summed E-state index contributed by atoms with van der Waals surface area (Å²) in [7, 11) is 0. The molecule has 6 nitrogen and oxygen atoms in total. The number of rotatable bonds is 3. The van der Waals surface area contributed by atoms with E-state index in [9.17, 15) is 9.59 Å². The number of ether oxygens (including phenoxy) is 1. The molecule has 0 atom stereocenters. The summed E-state index contributed by atoms with van der Waals surface area (Å²) in [6.45, 7) is 3.06. The van der Waals surface area contributed by atoms with Crippen LogP contribution in [0, 0.1) is 0 Å². The van der Waals surface area contributed by atoms with E-state index in [0.717, 1.165) is 6.21 Å². The number of aliphatic hydroxyl groups excluding tert-OH is 1. The van der Waals surface area contributed by atoms with Crippen molar-refractivity contribution in [1.29, 1.82) is 0 Å². The Kier molecular flexibility index (Phi) is 4.98. The van der Waals surface area contributed by atoms with Crippen molar-refractivity contribution in [3.05, 3.63) is 11.3 Å². The Morgan fingerprint density at radius 3 is 2.50 bits per heavy atom. The van der Waals surface area contributed by atoms with E-state index in [2.05, 4.69) is 9.73 Å². The quantitative estimate of drug-likeness (QED) is 0.300. The Bertz CT molecular complexity index is 290. The molecule has 0 radical (unpaired) electrons. The molecule has 2 amide bonds. The second-order valence-electron chi connectivity index (χ2n) is 2.32. The zero-order valence-electron chi connectivity index (χ0n) is 7.98. The first-order chi connectivity index (χ1) is 6.49. The maximum Gasteiger partial charge on any atom is 0.343 e. The van der Waals surface area contributed by atoms with Crippen LogP contribution in [-0.4, -0.2) is 29.9 Å². The summed E-state index contributed by atoms with van der Waals surface area (Å²) >= 11 is 0. The Morgan fingerprint density at radius 1 is 1.57 bits per heavy atom. The number of carbonyl (C=O) groups is 2. The molecule has 0 aliphatic carbocycles. The zero-order valence-corrected chi connectivity index (χ0v) is 7.98. The van der Waals surface area contributed by atoms with Crippen LogP contribution in [0.3, 0.4) is 0 Å². The Morgan fingerprint density at radius 2 is 2.14 bits per heavy atom. The summed E-state index contributed by atoms with van der Waals surface area (Å²) in [5, 5.41) is 9.06. The molecule has 0 heterocycles. The molecule has 0 bridgehead atoms. The SMILES string of the molecule is CCOC(=O)C(/C=N/C(N)=O)=C(/C)O. The third-order valence-electron chi connectivity index (χ3n) is 1.21. The predicted octanol–water partition coefficient (Wildman–Crippen LogP) is 0.531. The molecule has 0 aromatic carbocycles. The van der Waals surface area contributed by atoms with Crippen molar-refractivity contribution >= 4 is 18.2 Å². The van der Waals surface area contributed by atoms with Crippen molar-refractivity contribution in [2.75, 3.05) is 6.61 Å². The maximum atomic E-state index is 11.1. The van der Waals surface area contributed by atoms with Gasteiger partial charge in [0.15, 0.2) is 0 Å². The van der Waals surface area contributed by atoms with Crippen LogP contribution < -0.4 is 5.73 Å². The van der Waals surface area contributed by atoms with E-state index in [4.69, 9.17) is 10.8 Å². The van der Waals surface area contributed by atoms with Gasteiger partial charge in [-0.1, -0.05) is 0 Å². The molecule has 0 unspecified atom stereocenters. The zero-order chi connectivity index (χ0) is 11.1. The lowest BCUT2D eigenvalue weighted by Crippen LogP contribution is -2.12. The van der Waals surface area contributed by atoms with E-state index in [1.54, 1.807) is 6.92 Å². The van der Waals surface area contributed by atoms with Crippen LogP contribution in [0.2, 0.25) is 0 Å². The van der Waals surface area contributed by atoms with Crippen molar-refractivity contribution in [3.63, 3.8) is 0 Å². The minimum Gasteiger partial charge on any atom is -0.512 e. The number of hydrogen-bond donors (Lipinski definition) is 2. The first-order valence-electron chi connectivity index (χ1n) is 3.89. The lowest BCUT2D eigenvalue weighted by Gasteiger charge is -2.02. The second-order valence-corrected chi connectivity index (χ2v) is 2.32. The van der Waals surface area contributed by atoms with E-state index >= 15 is 0 Å². The highest BCUT2D eigenvalue weighted by Gasteiger charge is 2.11. The number of hydrogen-bond acceptors (Lipinski definition) is 4. The molecule has 0 aromatic rings. The average Bonchev–Trinajstić information content (AvgIpc) is 2.03. The summed E-state index contributed by atoms with van der Waals surface area (Å²) in [6, 6.07) is -0.951. The molecule has 0 saturated heterocycles. The van der Waals surface area contributed by atoms with E-state index in [0.29, 0.717) is 0 Å². The van der Waals surface area contributed by atoms with Crippen LogP contribution in [-0.2, 0) is 9.53 Å². The number of primary amides is 1. The Hall–Kier alpha value is -1.85. The van der Waals surface area contributed by atoms with Crippen molar-refractivity contribution in [2.24, 2.45) is 10.7 Å². The molecular weight excluding hydrogens is 188 g/mol. The molecule has 0 aromatic heterocycles. The van der Waals surface area contributed by atoms with Crippen molar-refractivity contribution in [1.82, 2.24) is 0 Å². The minimum absolute atomic E-state index is 0.167. The van der Waals surface area contributed by atoms with Gasteiger partial charge in [0, 0.05) is 0 Å². The number of carbonyl (C=O) groups excluding carboxylic acids is 2. The van der Waals surface area contributed by atoms with Gasteiger partial charge < -0.3 is 15.6 Å². The number of aliphatic hydroxyl groups is 1. The topological polar surface area (TPSA) is 102 Å². The van der Waals surface area contributed by atoms with Crippen molar-refractivity contribution in [3.8, 4) is 0 Å². The van der Waals surface area contributed by atoms with Gasteiger partial charge in [0.05, 0.1) is 12.8 Å². The van der Waals surface area contributed by atoms with Crippen LogP contribution in [0.25, 0.3) is 0 Å². The molecular formula is C8H12N2O4. The molecule has 0 spiro atoms. The summed E-state index contributed by atoms with van der Waals surface area (Å²) < 4.78 is 4.60. The highest BCUT2D eigenvalue weighted by atomic mass is 16.5. The van der Waals surface area contributed by atoms with E-state index in [1.165, 1.54) is 6.92 Å². The van der Waals surface area contributed by atoms with Crippen LogP contribution in [0.1, 0.15) is 13.8 Å². The van der Waals surface area contributed by atoms with Gasteiger partial charge in [-0.3, -0.25) is 0 Å². The molecule has 3 N–H and O–H groups in total. The second kappa shape index (κ2) is 5.74. The van der Waals surface area contributed by atoms with Crippen molar-refractivity contribution < 1.29 is 19.4 Å². The summed E-state index contributed by atoms with van der Waals surface area (Å²) in [4.78, 5) is 24.5. The van der Waals surface area contributed by atoms with E-state index in [1.807, 2.05) is 0 Å². The number of allylic oxidation sites excluding steroid dienone is 1. The fraction of sp³-hybridized carbons (Fsp3) is 0.375. The van der Waals surface area contributed by atoms with Crippen LogP contribution in [0.4, 0.5) is 4.79 Å². The largest absolute Gasteiger partial charge is 0.512 e. The molecule has 14 heavy (non-hydrogen) atoms. The van der Waals surface area contributed by atoms with Crippen molar-refractivity contribution in [2.45, 2.75) is 13.8 Å². The van der Waals surface area contributed by atoms with Crippen LogP contribution >= 0.6 is 0 Å². The summed E-state index contributed by atoms with van der Waals surface area (Å²) in [6.07, 6.45) is 0.871. The Labute approximate surface area is 81.1 Å². The fourth-order valence-corrected chi connectivity index (χ4v) is 0.631. The number of urea groups is 1. The monoisotopic (exact) mass is 200 g/mol. The lowest BCUT2D eigenvalue weighted by atomic mass is 10.2. The first kappa shape index (κ1) is 12.2. The highest BCUT2D eigenvalue weighted by Crippen LogP contribution is 2.01. The van der Waals surface area contributed by atoms with Gasteiger partial charge in [-0.15, -0.1) is 0 Å². The third-order valence-corrected chi connectivity index (χ3v) is 1.21. The standard InChI is InChI=1S/C8H12N2O4/c1-3-14-7(12)6(5(2)11)4-10-8(9)13/h4,11H,3H2,1-2H3,(H2,9,13)/b6-5-,10-4+. The van der Waals surface area contributed by atoms with Gasteiger partial charge in [0.2, 0.25) is 0 Å². The van der Waals surface area contributed by atoms with Crippen LogP contribution in [0.5, 0.6) is 0 Å². The molecule has 78 valence electrons. The summed E-state index contributed by atoms with van der Waals surface area (Å²) in [5.41, 5.74) is 4.53. The fourth-order valence-electron chi connectivity index (χ4n) is 0.631. The number of esters is 1. The third kappa shape index (κ3) is 4.24. The van der Waals surface area contributed by atoms with Crippen LogP contribution in [0.15, 0.2) is 16.3 Å². The smallest absolute Gasteiger partial charge is 0.343 e. The van der Waals surface area contributed by atoms with E-state index in [-0.39, 0.29) is 17.9 Å². The molecule has 6 heteroatoms. The molecule has 0 aliphatic heterocycles.